The second-order valence-electron chi connectivity index (χ2n) is 4.47. The van der Waals surface area contributed by atoms with Gasteiger partial charge in [0.15, 0.2) is 0 Å². The summed E-state index contributed by atoms with van der Waals surface area (Å²) >= 11 is 1.65. The van der Waals surface area contributed by atoms with Crippen molar-refractivity contribution in [2.75, 3.05) is 6.61 Å². The molecule has 0 spiro atoms. The molecule has 2 heterocycles. The first-order valence-electron chi connectivity index (χ1n) is 6.20. The van der Waals surface area contributed by atoms with Gasteiger partial charge in [-0.15, -0.1) is 11.3 Å². The van der Waals surface area contributed by atoms with Gasteiger partial charge >= 0.3 is 0 Å². The molecular formula is C13H19NO2S. The molecule has 0 bridgehead atoms. The van der Waals surface area contributed by atoms with Gasteiger partial charge in [0.05, 0.1) is 17.7 Å². The van der Waals surface area contributed by atoms with Crippen LogP contribution in [0.5, 0.6) is 0 Å². The molecule has 1 aliphatic heterocycles. The number of carbonyl (C=O) groups excluding carboxylic acids is 1. The fraction of sp³-hybridized carbons (Fsp3) is 0.615. The molecule has 1 aromatic heterocycles. The highest BCUT2D eigenvalue weighted by Crippen LogP contribution is 2.18. The first-order valence-corrected chi connectivity index (χ1v) is 7.08. The Hall–Kier alpha value is -0.870. The summed E-state index contributed by atoms with van der Waals surface area (Å²) in [5.41, 5.74) is 0.775. The minimum absolute atomic E-state index is 0.0175. The number of ether oxygens (including phenoxy) is 1. The average Bonchev–Trinajstić information content (AvgIpc) is 3.00. The first-order chi connectivity index (χ1) is 8.20. The molecule has 0 saturated carbocycles. The molecule has 1 fully saturated rings. The van der Waals surface area contributed by atoms with Gasteiger partial charge in [0.1, 0.15) is 0 Å². The quantitative estimate of drug-likeness (QED) is 0.895. The molecule has 0 radical (unpaired) electrons. The molecule has 4 heteroatoms. The molecule has 1 aliphatic rings. The maximum atomic E-state index is 12.0. The summed E-state index contributed by atoms with van der Waals surface area (Å²) in [6.07, 6.45) is 3.32. The van der Waals surface area contributed by atoms with E-state index in [2.05, 4.69) is 12.2 Å². The van der Waals surface area contributed by atoms with E-state index in [0.29, 0.717) is 0 Å². The van der Waals surface area contributed by atoms with E-state index in [4.69, 9.17) is 4.74 Å². The smallest absolute Gasteiger partial charge is 0.252 e. The monoisotopic (exact) mass is 253 g/mol. The van der Waals surface area contributed by atoms with Crippen molar-refractivity contribution < 1.29 is 9.53 Å². The summed E-state index contributed by atoms with van der Waals surface area (Å²) in [7, 11) is 0. The van der Waals surface area contributed by atoms with Crippen molar-refractivity contribution in [1.29, 1.82) is 0 Å². The number of aryl methyl sites for hydroxylation is 1. The predicted molar refractivity (Wildman–Crippen MR) is 69.6 cm³/mol. The fourth-order valence-electron chi connectivity index (χ4n) is 2.07. The van der Waals surface area contributed by atoms with Crippen molar-refractivity contribution in [3.05, 3.63) is 21.9 Å². The minimum atomic E-state index is 0.0175. The van der Waals surface area contributed by atoms with Crippen LogP contribution < -0.4 is 5.32 Å². The molecule has 94 valence electrons. The Bertz CT molecular complexity index is 383. The lowest BCUT2D eigenvalue weighted by atomic mass is 10.1. The SMILES string of the molecule is CCc1cc(C(=O)N[C@H](C)[C@H]2CCCO2)cs1. The van der Waals surface area contributed by atoms with Crippen LogP contribution in [0, 0.1) is 0 Å². The number of thiophene rings is 1. The van der Waals surface area contributed by atoms with Crippen LogP contribution in [0.15, 0.2) is 11.4 Å². The molecule has 1 aromatic rings. The Morgan fingerprint density at radius 1 is 1.71 bits per heavy atom. The number of amides is 1. The van der Waals surface area contributed by atoms with Crippen LogP contribution in [0.3, 0.4) is 0 Å². The van der Waals surface area contributed by atoms with Crippen molar-refractivity contribution >= 4 is 17.2 Å². The first kappa shape index (κ1) is 12.6. The van der Waals surface area contributed by atoms with E-state index in [-0.39, 0.29) is 18.1 Å². The molecule has 2 rings (SSSR count). The maximum Gasteiger partial charge on any atom is 0.252 e. The Labute approximate surface area is 106 Å². The zero-order valence-electron chi connectivity index (χ0n) is 10.4. The minimum Gasteiger partial charge on any atom is -0.376 e. The molecule has 17 heavy (non-hydrogen) atoms. The molecule has 0 aliphatic carbocycles. The number of nitrogens with one attached hydrogen (secondary N) is 1. The second-order valence-corrected chi connectivity index (χ2v) is 5.46. The van der Waals surface area contributed by atoms with Gasteiger partial charge in [-0.2, -0.15) is 0 Å². The summed E-state index contributed by atoms with van der Waals surface area (Å²) in [5, 5.41) is 4.95. The third-order valence-corrected chi connectivity index (χ3v) is 4.23. The third-order valence-electron chi connectivity index (χ3n) is 3.15. The van der Waals surface area contributed by atoms with E-state index in [0.717, 1.165) is 31.4 Å². The number of hydrogen-bond acceptors (Lipinski definition) is 3. The summed E-state index contributed by atoms with van der Waals surface area (Å²) in [6, 6.07) is 2.07. The van der Waals surface area contributed by atoms with Gasteiger partial charge in [-0.1, -0.05) is 6.92 Å². The lowest BCUT2D eigenvalue weighted by Gasteiger charge is -2.19. The van der Waals surface area contributed by atoms with Gasteiger partial charge < -0.3 is 10.1 Å². The number of carbonyl (C=O) groups is 1. The normalized spacial score (nSPS) is 21.4. The standard InChI is InChI=1S/C13H19NO2S/c1-3-11-7-10(8-17-11)13(15)14-9(2)12-5-4-6-16-12/h7-9,12H,3-6H2,1-2H3,(H,14,15)/t9-,12-/m1/s1. The van der Waals surface area contributed by atoms with E-state index >= 15 is 0 Å². The van der Waals surface area contributed by atoms with Crippen LogP contribution in [0.25, 0.3) is 0 Å². The topological polar surface area (TPSA) is 38.3 Å². The van der Waals surface area contributed by atoms with Crippen molar-refractivity contribution in [3.63, 3.8) is 0 Å². The fourth-order valence-corrected chi connectivity index (χ4v) is 2.88. The molecular weight excluding hydrogens is 234 g/mol. The summed E-state index contributed by atoms with van der Waals surface area (Å²) in [4.78, 5) is 13.2. The van der Waals surface area contributed by atoms with Gasteiger partial charge in [0, 0.05) is 16.9 Å². The van der Waals surface area contributed by atoms with Crippen LogP contribution >= 0.6 is 11.3 Å². The van der Waals surface area contributed by atoms with E-state index < -0.39 is 0 Å². The van der Waals surface area contributed by atoms with E-state index in [1.807, 2.05) is 18.4 Å². The van der Waals surface area contributed by atoms with Gasteiger partial charge in [-0.25, -0.2) is 0 Å². The second kappa shape index (κ2) is 5.65. The van der Waals surface area contributed by atoms with E-state index in [1.54, 1.807) is 11.3 Å². The van der Waals surface area contributed by atoms with Crippen LogP contribution in [-0.4, -0.2) is 24.7 Å². The highest BCUT2D eigenvalue weighted by Gasteiger charge is 2.24. The molecule has 0 aromatic carbocycles. The van der Waals surface area contributed by atoms with Crippen molar-refractivity contribution in [2.45, 2.75) is 45.3 Å². The molecule has 1 saturated heterocycles. The zero-order valence-corrected chi connectivity index (χ0v) is 11.2. The third kappa shape index (κ3) is 3.07. The molecule has 2 atom stereocenters. The highest BCUT2D eigenvalue weighted by molar-refractivity contribution is 7.10. The Morgan fingerprint density at radius 2 is 2.53 bits per heavy atom. The maximum absolute atomic E-state index is 12.0. The zero-order chi connectivity index (χ0) is 12.3. The Morgan fingerprint density at radius 3 is 3.12 bits per heavy atom. The summed E-state index contributed by atoms with van der Waals surface area (Å²) in [6.45, 7) is 4.94. The van der Waals surface area contributed by atoms with Crippen molar-refractivity contribution in [1.82, 2.24) is 5.32 Å². The lowest BCUT2D eigenvalue weighted by Crippen LogP contribution is -2.40. The van der Waals surface area contributed by atoms with Gasteiger partial charge in [0.2, 0.25) is 0 Å². The molecule has 1 N–H and O–H groups in total. The van der Waals surface area contributed by atoms with Gasteiger partial charge in [-0.05, 0) is 32.3 Å². The Kier molecular flexibility index (Phi) is 4.18. The number of rotatable bonds is 4. The molecule has 3 nitrogen and oxygen atoms in total. The predicted octanol–water partition coefficient (Wildman–Crippen LogP) is 2.61. The Balaban J connectivity index is 1.91. The van der Waals surface area contributed by atoms with E-state index in [9.17, 15) is 4.79 Å². The van der Waals surface area contributed by atoms with Crippen LogP contribution in [0.4, 0.5) is 0 Å². The molecule has 1 amide bonds. The average molecular weight is 253 g/mol. The van der Waals surface area contributed by atoms with Crippen LogP contribution in [0.1, 0.15) is 41.9 Å². The lowest BCUT2D eigenvalue weighted by molar-refractivity contribution is 0.0712. The van der Waals surface area contributed by atoms with E-state index in [1.165, 1.54) is 4.88 Å². The van der Waals surface area contributed by atoms with Crippen LogP contribution in [0.2, 0.25) is 0 Å². The van der Waals surface area contributed by atoms with Crippen LogP contribution in [-0.2, 0) is 11.2 Å². The molecule has 0 unspecified atom stereocenters. The summed E-state index contributed by atoms with van der Waals surface area (Å²) < 4.78 is 5.57. The number of hydrogen-bond donors (Lipinski definition) is 1. The summed E-state index contributed by atoms with van der Waals surface area (Å²) in [5.74, 6) is 0.0175. The van der Waals surface area contributed by atoms with Gasteiger partial charge in [0.25, 0.3) is 5.91 Å². The largest absolute Gasteiger partial charge is 0.376 e. The van der Waals surface area contributed by atoms with Crippen molar-refractivity contribution in [2.24, 2.45) is 0 Å². The highest BCUT2D eigenvalue weighted by atomic mass is 32.1. The van der Waals surface area contributed by atoms with Crippen molar-refractivity contribution in [3.8, 4) is 0 Å². The van der Waals surface area contributed by atoms with Gasteiger partial charge in [-0.3, -0.25) is 4.79 Å².